The lowest BCUT2D eigenvalue weighted by molar-refractivity contribution is -0.0546. The highest BCUT2D eigenvalue weighted by Crippen LogP contribution is 2.33. The van der Waals surface area contributed by atoms with Crippen LogP contribution in [0.15, 0.2) is 72.6 Å². The Kier molecular flexibility index (Phi) is 7.02. The van der Waals surface area contributed by atoms with Gasteiger partial charge in [-0.25, -0.2) is 22.0 Å². The lowest BCUT2D eigenvalue weighted by atomic mass is 9.98. The van der Waals surface area contributed by atoms with E-state index in [1.165, 1.54) is 42.5 Å². The molecule has 32 heavy (non-hydrogen) atoms. The third-order valence-corrected chi connectivity index (χ3v) is 4.48. The molecule has 0 amide bonds. The Balaban J connectivity index is 1.91. The average molecular weight is 452 g/mol. The van der Waals surface area contributed by atoms with Crippen molar-refractivity contribution < 1.29 is 35.5 Å². The number of halogens is 7. The molecular weight excluding hydrogens is 437 g/mol. The first kappa shape index (κ1) is 23.1. The number of hydrogen-bond acceptors (Lipinski definition) is 1. The van der Waals surface area contributed by atoms with Gasteiger partial charge in [-0.3, -0.25) is 0 Å². The molecule has 0 heterocycles. The first-order chi connectivity index (χ1) is 15.2. The lowest BCUT2D eigenvalue weighted by Gasteiger charge is -2.11. The van der Waals surface area contributed by atoms with E-state index in [4.69, 9.17) is 0 Å². The summed E-state index contributed by atoms with van der Waals surface area (Å²) in [5.74, 6) is -6.97. The molecule has 0 spiro atoms. The summed E-state index contributed by atoms with van der Waals surface area (Å²) in [7, 11) is 0. The Bertz CT molecular complexity index is 1160. The van der Waals surface area contributed by atoms with Crippen molar-refractivity contribution in [2.75, 3.05) is 0 Å². The maximum Gasteiger partial charge on any atom is 0.387 e. The second-order valence-corrected chi connectivity index (χ2v) is 6.58. The molecule has 0 aliphatic rings. The van der Waals surface area contributed by atoms with E-state index >= 15 is 0 Å². The third-order valence-electron chi connectivity index (χ3n) is 4.48. The summed E-state index contributed by atoms with van der Waals surface area (Å²) >= 11 is 0. The average Bonchev–Trinajstić information content (AvgIpc) is 2.75. The molecule has 3 rings (SSSR count). The Morgan fingerprint density at radius 1 is 0.781 bits per heavy atom. The second kappa shape index (κ2) is 9.72. The maximum atomic E-state index is 14.7. The minimum atomic E-state index is -3.42. The van der Waals surface area contributed by atoms with Crippen molar-refractivity contribution in [3.05, 3.63) is 95.6 Å². The normalized spacial score (nSPS) is 12.4. The highest BCUT2D eigenvalue weighted by molar-refractivity contribution is 5.73. The van der Waals surface area contributed by atoms with E-state index in [1.54, 1.807) is 6.92 Å². The Hall–Kier alpha value is -3.55. The van der Waals surface area contributed by atoms with Gasteiger partial charge in [-0.1, -0.05) is 42.5 Å². The molecule has 0 saturated heterocycles. The van der Waals surface area contributed by atoms with Crippen molar-refractivity contribution in [1.29, 1.82) is 0 Å². The van der Waals surface area contributed by atoms with E-state index in [0.29, 0.717) is 23.3 Å². The molecule has 1 nitrogen and oxygen atoms in total. The molecule has 0 unspecified atom stereocenters. The van der Waals surface area contributed by atoms with Crippen LogP contribution in [0.1, 0.15) is 12.5 Å². The van der Waals surface area contributed by atoms with Gasteiger partial charge < -0.3 is 4.74 Å². The van der Waals surface area contributed by atoms with Gasteiger partial charge in [-0.15, -0.1) is 0 Å². The van der Waals surface area contributed by atoms with Gasteiger partial charge in [-0.2, -0.15) is 8.78 Å². The van der Waals surface area contributed by atoms with E-state index in [-0.39, 0.29) is 16.7 Å². The summed E-state index contributed by atoms with van der Waals surface area (Å²) in [6.45, 7) is -1.88. The first-order valence-corrected chi connectivity index (χ1v) is 9.23. The summed E-state index contributed by atoms with van der Waals surface area (Å²) in [4.78, 5) is 0. The van der Waals surface area contributed by atoms with Gasteiger partial charge in [0.15, 0.2) is 29.0 Å². The minimum Gasteiger partial charge on any atom is -0.429 e. The van der Waals surface area contributed by atoms with Crippen LogP contribution < -0.4 is 4.74 Å². The highest BCUT2D eigenvalue weighted by atomic mass is 19.3. The van der Waals surface area contributed by atoms with Crippen LogP contribution in [0.4, 0.5) is 30.7 Å². The zero-order chi connectivity index (χ0) is 23.4. The standard InChI is InChI=1S/C24H15F7O/c1-2-3-18(25)22(29)14-6-4-13(5-7-14)15-8-9-17(19(26)10-15)16-11-20(27)23(21(28)12-16)32-24(30)31/h2-12,24H,1H3/b3-2+,22-18+. The van der Waals surface area contributed by atoms with Crippen molar-refractivity contribution in [1.82, 2.24) is 0 Å². The van der Waals surface area contributed by atoms with Crippen LogP contribution in [-0.2, 0) is 0 Å². The van der Waals surface area contributed by atoms with Gasteiger partial charge in [0.1, 0.15) is 5.82 Å². The summed E-state index contributed by atoms with van der Waals surface area (Å²) in [5, 5.41) is 0. The summed E-state index contributed by atoms with van der Waals surface area (Å²) < 4.78 is 98.5. The molecule has 166 valence electrons. The summed E-state index contributed by atoms with van der Waals surface area (Å²) in [5.41, 5.74) is 0.464. The molecule has 3 aromatic carbocycles. The fraction of sp³-hybridized carbons (Fsp3) is 0.0833. The molecule has 0 fully saturated rings. The molecule has 0 aromatic heterocycles. The Morgan fingerprint density at radius 2 is 1.34 bits per heavy atom. The molecule has 0 aliphatic carbocycles. The van der Waals surface area contributed by atoms with E-state index < -0.39 is 41.5 Å². The van der Waals surface area contributed by atoms with Crippen LogP contribution >= 0.6 is 0 Å². The molecule has 0 saturated carbocycles. The van der Waals surface area contributed by atoms with Crippen molar-refractivity contribution >= 4 is 5.83 Å². The van der Waals surface area contributed by atoms with Crippen LogP contribution in [0.25, 0.3) is 28.1 Å². The van der Waals surface area contributed by atoms with E-state index in [1.807, 2.05) is 0 Å². The quantitative estimate of drug-likeness (QED) is 0.270. The number of benzene rings is 3. The largest absolute Gasteiger partial charge is 0.429 e. The monoisotopic (exact) mass is 452 g/mol. The number of rotatable bonds is 6. The number of allylic oxidation sites excluding steroid dienone is 3. The Morgan fingerprint density at radius 3 is 1.88 bits per heavy atom. The van der Waals surface area contributed by atoms with Crippen molar-refractivity contribution in [3.63, 3.8) is 0 Å². The van der Waals surface area contributed by atoms with Crippen LogP contribution in [0, 0.1) is 17.5 Å². The number of alkyl halides is 2. The van der Waals surface area contributed by atoms with Gasteiger partial charge in [0.2, 0.25) is 0 Å². The zero-order valence-corrected chi connectivity index (χ0v) is 16.5. The molecule has 8 heteroatoms. The van der Waals surface area contributed by atoms with Crippen LogP contribution in [0.5, 0.6) is 5.75 Å². The second-order valence-electron chi connectivity index (χ2n) is 6.58. The summed E-state index contributed by atoms with van der Waals surface area (Å²) in [6.07, 6.45) is 2.33. The molecule has 3 aromatic rings. The number of ether oxygens (including phenoxy) is 1. The molecule has 0 bridgehead atoms. The Labute approximate surface area is 179 Å². The van der Waals surface area contributed by atoms with E-state index in [9.17, 15) is 30.7 Å². The van der Waals surface area contributed by atoms with E-state index in [0.717, 1.165) is 12.1 Å². The van der Waals surface area contributed by atoms with Crippen LogP contribution in [0.2, 0.25) is 0 Å². The van der Waals surface area contributed by atoms with Crippen molar-refractivity contribution in [2.24, 2.45) is 0 Å². The van der Waals surface area contributed by atoms with Crippen LogP contribution in [0.3, 0.4) is 0 Å². The topological polar surface area (TPSA) is 9.23 Å². The minimum absolute atomic E-state index is 0.00139. The lowest BCUT2D eigenvalue weighted by Crippen LogP contribution is -2.06. The molecule has 0 aliphatic heterocycles. The van der Waals surface area contributed by atoms with Gasteiger partial charge in [0, 0.05) is 11.1 Å². The fourth-order valence-corrected chi connectivity index (χ4v) is 3.01. The van der Waals surface area contributed by atoms with Gasteiger partial charge >= 0.3 is 6.61 Å². The SMILES string of the molecule is C/C=C/C(F)=C(\F)c1ccc(-c2ccc(-c3cc(F)c(OC(F)F)c(F)c3)c(F)c2)cc1. The third kappa shape index (κ3) is 5.01. The predicted molar refractivity (Wildman–Crippen MR) is 108 cm³/mol. The molecular formula is C24H15F7O. The van der Waals surface area contributed by atoms with Gasteiger partial charge in [0.25, 0.3) is 0 Å². The molecule has 0 radical (unpaired) electrons. The van der Waals surface area contributed by atoms with Gasteiger partial charge in [0.05, 0.1) is 0 Å². The smallest absolute Gasteiger partial charge is 0.387 e. The van der Waals surface area contributed by atoms with Crippen molar-refractivity contribution in [2.45, 2.75) is 13.5 Å². The van der Waals surface area contributed by atoms with Crippen molar-refractivity contribution in [3.8, 4) is 28.0 Å². The first-order valence-electron chi connectivity index (χ1n) is 9.23. The van der Waals surface area contributed by atoms with Gasteiger partial charge in [-0.05, 0) is 47.9 Å². The fourth-order valence-electron chi connectivity index (χ4n) is 3.01. The zero-order valence-electron chi connectivity index (χ0n) is 16.5. The predicted octanol–water partition coefficient (Wildman–Crippen LogP) is 8.22. The van der Waals surface area contributed by atoms with Crippen LogP contribution in [-0.4, -0.2) is 6.61 Å². The summed E-state index contributed by atoms with van der Waals surface area (Å²) in [6, 6.07) is 10.7. The highest BCUT2D eigenvalue weighted by Gasteiger charge is 2.19. The molecule has 0 atom stereocenters. The van der Waals surface area contributed by atoms with E-state index in [2.05, 4.69) is 4.74 Å². The molecule has 0 N–H and O–H groups in total. The maximum absolute atomic E-state index is 14.7. The number of hydrogen-bond donors (Lipinski definition) is 0.